The number of hydrogen-bond donors (Lipinski definition) is 0. The Balaban J connectivity index is 2.58. The van der Waals surface area contributed by atoms with Crippen molar-refractivity contribution < 1.29 is 4.39 Å². The van der Waals surface area contributed by atoms with Gasteiger partial charge >= 0.3 is 0 Å². The van der Waals surface area contributed by atoms with Crippen LogP contribution in [-0.2, 0) is 0 Å². The highest BCUT2D eigenvalue weighted by Crippen LogP contribution is 2.28. The molecule has 1 saturated heterocycles. The Hall–Kier alpha value is -0.150. The fraction of sp³-hybridized carbons (Fsp3) is 1.00. The SMILES string of the molecule is CC(N1CCC(N(C)C)C(F)C1)C(C)(C)C. The van der Waals surface area contributed by atoms with Gasteiger partial charge in [-0.1, -0.05) is 20.8 Å². The van der Waals surface area contributed by atoms with Gasteiger partial charge in [-0.05, 0) is 32.9 Å². The highest BCUT2D eigenvalue weighted by molar-refractivity contribution is 4.90. The molecule has 0 saturated carbocycles. The maximum absolute atomic E-state index is 14.0. The van der Waals surface area contributed by atoms with E-state index in [2.05, 4.69) is 32.6 Å². The summed E-state index contributed by atoms with van der Waals surface area (Å²) in [5.41, 5.74) is 0.227. The summed E-state index contributed by atoms with van der Waals surface area (Å²) in [6.07, 6.45) is 0.225. The number of halogens is 1. The molecule has 3 unspecified atom stereocenters. The summed E-state index contributed by atoms with van der Waals surface area (Å²) < 4.78 is 14.0. The van der Waals surface area contributed by atoms with Gasteiger partial charge in [0.15, 0.2) is 0 Å². The van der Waals surface area contributed by atoms with Crippen LogP contribution in [0.15, 0.2) is 0 Å². The van der Waals surface area contributed by atoms with E-state index in [0.29, 0.717) is 12.6 Å². The van der Waals surface area contributed by atoms with Crippen molar-refractivity contribution in [3.05, 3.63) is 0 Å². The molecule has 0 aromatic carbocycles. The third-order valence-corrected chi connectivity index (χ3v) is 4.00. The number of nitrogens with zero attached hydrogens (tertiary/aromatic N) is 2. The van der Waals surface area contributed by atoms with Crippen molar-refractivity contribution in [2.75, 3.05) is 27.2 Å². The fourth-order valence-corrected chi connectivity index (χ4v) is 2.40. The maximum Gasteiger partial charge on any atom is 0.128 e. The highest BCUT2D eigenvalue weighted by Gasteiger charge is 2.35. The van der Waals surface area contributed by atoms with E-state index in [0.717, 1.165) is 13.0 Å². The van der Waals surface area contributed by atoms with E-state index >= 15 is 0 Å². The highest BCUT2D eigenvalue weighted by atomic mass is 19.1. The summed E-state index contributed by atoms with van der Waals surface area (Å²) in [5, 5.41) is 0. The lowest BCUT2D eigenvalue weighted by molar-refractivity contribution is 0.0120. The van der Waals surface area contributed by atoms with Gasteiger partial charge in [-0.2, -0.15) is 0 Å². The predicted molar refractivity (Wildman–Crippen MR) is 67.5 cm³/mol. The summed E-state index contributed by atoms with van der Waals surface area (Å²) in [7, 11) is 3.94. The van der Waals surface area contributed by atoms with Gasteiger partial charge in [-0.3, -0.25) is 4.90 Å². The van der Waals surface area contributed by atoms with Gasteiger partial charge in [-0.25, -0.2) is 4.39 Å². The van der Waals surface area contributed by atoms with Crippen LogP contribution in [0.2, 0.25) is 0 Å². The monoisotopic (exact) mass is 230 g/mol. The van der Waals surface area contributed by atoms with Crippen molar-refractivity contribution in [2.24, 2.45) is 5.41 Å². The van der Waals surface area contributed by atoms with Gasteiger partial charge in [-0.15, -0.1) is 0 Å². The number of rotatable bonds is 2. The third-order valence-electron chi connectivity index (χ3n) is 4.00. The molecule has 16 heavy (non-hydrogen) atoms. The van der Waals surface area contributed by atoms with Gasteiger partial charge in [0, 0.05) is 25.2 Å². The van der Waals surface area contributed by atoms with Gasteiger partial charge in [0.05, 0.1) is 0 Å². The van der Waals surface area contributed by atoms with Crippen molar-refractivity contribution in [1.29, 1.82) is 0 Å². The molecule has 0 aromatic rings. The molecule has 0 amide bonds. The van der Waals surface area contributed by atoms with Gasteiger partial charge in [0.25, 0.3) is 0 Å². The molecule has 0 bridgehead atoms. The largest absolute Gasteiger partial charge is 0.303 e. The quantitative estimate of drug-likeness (QED) is 0.719. The normalized spacial score (nSPS) is 30.8. The van der Waals surface area contributed by atoms with Gasteiger partial charge in [0.1, 0.15) is 6.17 Å². The Labute approximate surface area is 99.8 Å². The Kier molecular flexibility index (Phi) is 4.35. The van der Waals surface area contributed by atoms with Gasteiger partial charge in [0.2, 0.25) is 0 Å². The first-order chi connectivity index (χ1) is 7.23. The minimum atomic E-state index is -0.714. The van der Waals surface area contributed by atoms with Crippen molar-refractivity contribution in [3.8, 4) is 0 Å². The molecular formula is C13H27FN2. The molecule has 1 aliphatic rings. The lowest BCUT2D eigenvalue weighted by Crippen LogP contribution is -2.55. The number of likely N-dealkylation sites (tertiary alicyclic amines) is 1. The minimum absolute atomic E-state index is 0.100. The van der Waals surface area contributed by atoms with Crippen molar-refractivity contribution in [1.82, 2.24) is 9.80 Å². The van der Waals surface area contributed by atoms with Crippen LogP contribution < -0.4 is 0 Å². The predicted octanol–water partition coefficient (Wildman–Crippen LogP) is 2.40. The second-order valence-electron chi connectivity index (χ2n) is 6.37. The molecule has 0 spiro atoms. The smallest absolute Gasteiger partial charge is 0.128 e. The van der Waals surface area contributed by atoms with E-state index < -0.39 is 6.17 Å². The van der Waals surface area contributed by atoms with Crippen LogP contribution in [0.4, 0.5) is 4.39 Å². The lowest BCUT2D eigenvalue weighted by atomic mass is 9.85. The molecule has 96 valence electrons. The summed E-state index contributed by atoms with van der Waals surface area (Å²) in [4.78, 5) is 4.31. The summed E-state index contributed by atoms with van der Waals surface area (Å²) in [6.45, 7) is 10.5. The second-order valence-corrected chi connectivity index (χ2v) is 6.37. The molecule has 1 fully saturated rings. The van der Waals surface area contributed by atoms with E-state index in [-0.39, 0.29) is 11.5 Å². The average Bonchev–Trinajstić information content (AvgIpc) is 2.14. The standard InChI is InChI=1S/C13H27FN2/c1-10(13(2,3)4)16-8-7-12(15(5)6)11(14)9-16/h10-12H,7-9H2,1-6H3. The van der Waals surface area contributed by atoms with Crippen molar-refractivity contribution >= 4 is 0 Å². The Morgan fingerprint density at radius 1 is 1.31 bits per heavy atom. The van der Waals surface area contributed by atoms with Crippen LogP contribution in [-0.4, -0.2) is 55.2 Å². The van der Waals surface area contributed by atoms with Crippen LogP contribution in [0.3, 0.4) is 0 Å². The first kappa shape index (κ1) is 13.9. The summed E-state index contributed by atoms with van der Waals surface area (Å²) >= 11 is 0. The molecule has 0 N–H and O–H groups in total. The molecule has 0 radical (unpaired) electrons. The first-order valence-corrected chi connectivity index (χ1v) is 6.28. The Bertz CT molecular complexity index is 222. The fourth-order valence-electron chi connectivity index (χ4n) is 2.40. The molecule has 1 aliphatic heterocycles. The summed E-state index contributed by atoms with van der Waals surface area (Å²) in [5.74, 6) is 0. The van der Waals surface area contributed by atoms with E-state index in [4.69, 9.17) is 0 Å². The number of hydrogen-bond acceptors (Lipinski definition) is 2. The lowest BCUT2D eigenvalue weighted by Gasteiger charge is -2.44. The average molecular weight is 230 g/mol. The third kappa shape index (κ3) is 3.17. The molecular weight excluding hydrogens is 203 g/mol. The number of piperidine rings is 1. The first-order valence-electron chi connectivity index (χ1n) is 6.28. The molecule has 3 atom stereocenters. The van der Waals surface area contributed by atoms with Crippen LogP contribution in [0.1, 0.15) is 34.1 Å². The van der Waals surface area contributed by atoms with E-state index in [1.807, 2.05) is 19.0 Å². The van der Waals surface area contributed by atoms with Crippen molar-refractivity contribution in [2.45, 2.75) is 52.4 Å². The van der Waals surface area contributed by atoms with Crippen LogP contribution in [0.5, 0.6) is 0 Å². The molecule has 3 heteroatoms. The topological polar surface area (TPSA) is 6.48 Å². The zero-order chi connectivity index (χ0) is 12.5. The molecule has 1 rings (SSSR count). The molecule has 2 nitrogen and oxygen atoms in total. The van der Waals surface area contributed by atoms with Crippen LogP contribution in [0, 0.1) is 5.41 Å². The Morgan fingerprint density at radius 3 is 2.25 bits per heavy atom. The minimum Gasteiger partial charge on any atom is -0.303 e. The zero-order valence-electron chi connectivity index (χ0n) is 11.6. The van der Waals surface area contributed by atoms with E-state index in [9.17, 15) is 4.39 Å². The maximum atomic E-state index is 14.0. The number of alkyl halides is 1. The van der Waals surface area contributed by atoms with Gasteiger partial charge < -0.3 is 4.90 Å². The van der Waals surface area contributed by atoms with Crippen molar-refractivity contribution in [3.63, 3.8) is 0 Å². The molecule has 1 heterocycles. The van der Waals surface area contributed by atoms with Crippen LogP contribution >= 0.6 is 0 Å². The summed E-state index contributed by atoms with van der Waals surface area (Å²) in [6, 6.07) is 0.539. The van der Waals surface area contributed by atoms with Crippen LogP contribution in [0.25, 0.3) is 0 Å². The molecule has 0 aliphatic carbocycles. The molecule has 0 aromatic heterocycles. The van der Waals surface area contributed by atoms with E-state index in [1.165, 1.54) is 0 Å². The van der Waals surface area contributed by atoms with E-state index in [1.54, 1.807) is 0 Å². The Morgan fingerprint density at radius 2 is 1.88 bits per heavy atom. The zero-order valence-corrected chi connectivity index (χ0v) is 11.6. The second kappa shape index (κ2) is 5.01.